The summed E-state index contributed by atoms with van der Waals surface area (Å²) < 4.78 is 31.4. The molecule has 0 saturated heterocycles. The minimum absolute atomic E-state index is 0.172. The van der Waals surface area contributed by atoms with Gasteiger partial charge in [0.05, 0.1) is 6.61 Å². The van der Waals surface area contributed by atoms with Gasteiger partial charge in [-0.25, -0.2) is 13.6 Å². The highest BCUT2D eigenvalue weighted by atomic mass is 19.1. The van der Waals surface area contributed by atoms with Crippen molar-refractivity contribution in [3.8, 4) is 0 Å². The number of benzene rings is 2. The summed E-state index contributed by atoms with van der Waals surface area (Å²) in [6.07, 6.45) is 0. The molecular weight excluding hydrogens is 302 g/mol. The normalized spacial score (nSPS) is 10.4. The standard InChI is InChI=1S/C17H18F2N2O2/c1-23-11-14-7-13(5-6-16(14)19)10-21-17(22)20-9-12-3-2-4-15(18)8-12/h2-8H,9-11H2,1H3,(H2,20,21,22). The molecular formula is C17H18F2N2O2. The van der Waals surface area contributed by atoms with E-state index >= 15 is 0 Å². The Morgan fingerprint density at radius 3 is 2.39 bits per heavy atom. The van der Waals surface area contributed by atoms with Crippen molar-refractivity contribution in [1.82, 2.24) is 10.6 Å². The molecule has 2 aromatic carbocycles. The van der Waals surface area contributed by atoms with Crippen LogP contribution in [0.1, 0.15) is 16.7 Å². The van der Waals surface area contributed by atoms with Crippen LogP contribution >= 0.6 is 0 Å². The molecule has 0 spiro atoms. The van der Waals surface area contributed by atoms with Gasteiger partial charge < -0.3 is 15.4 Å². The van der Waals surface area contributed by atoms with E-state index < -0.39 is 0 Å². The van der Waals surface area contributed by atoms with Gasteiger partial charge in [-0.15, -0.1) is 0 Å². The fourth-order valence-electron chi connectivity index (χ4n) is 2.08. The van der Waals surface area contributed by atoms with Crippen LogP contribution in [0.4, 0.5) is 13.6 Å². The second-order valence-electron chi connectivity index (χ2n) is 5.02. The molecule has 6 heteroatoms. The van der Waals surface area contributed by atoms with Crippen LogP contribution in [0.5, 0.6) is 0 Å². The van der Waals surface area contributed by atoms with Crippen LogP contribution in [0.3, 0.4) is 0 Å². The molecule has 0 aliphatic heterocycles. The third kappa shape index (κ3) is 5.34. The number of nitrogens with one attached hydrogen (secondary N) is 2. The summed E-state index contributed by atoms with van der Waals surface area (Å²) in [5.74, 6) is -0.687. The summed E-state index contributed by atoms with van der Waals surface area (Å²) in [7, 11) is 1.49. The topological polar surface area (TPSA) is 50.4 Å². The lowest BCUT2D eigenvalue weighted by Gasteiger charge is -2.09. The highest BCUT2D eigenvalue weighted by molar-refractivity contribution is 5.73. The zero-order valence-corrected chi connectivity index (χ0v) is 12.7. The first-order chi connectivity index (χ1) is 11.1. The molecule has 0 aromatic heterocycles. The van der Waals surface area contributed by atoms with Crippen molar-refractivity contribution in [2.24, 2.45) is 0 Å². The van der Waals surface area contributed by atoms with Gasteiger partial charge in [-0.05, 0) is 35.4 Å². The summed E-state index contributed by atoms with van der Waals surface area (Å²) >= 11 is 0. The van der Waals surface area contributed by atoms with E-state index in [0.717, 1.165) is 5.56 Å². The lowest BCUT2D eigenvalue weighted by atomic mass is 10.1. The average molecular weight is 320 g/mol. The zero-order chi connectivity index (χ0) is 16.7. The Kier molecular flexibility index (Phi) is 6.05. The first-order valence-corrected chi connectivity index (χ1v) is 7.11. The number of ether oxygens (including phenoxy) is 1. The number of carbonyl (C=O) groups excluding carboxylic acids is 1. The Balaban J connectivity index is 1.83. The summed E-state index contributed by atoms with van der Waals surface area (Å²) in [4.78, 5) is 11.7. The number of hydrogen-bond donors (Lipinski definition) is 2. The number of amides is 2. The SMILES string of the molecule is COCc1cc(CNC(=O)NCc2cccc(F)c2)ccc1F. The van der Waals surface area contributed by atoms with Gasteiger partial charge in [-0.1, -0.05) is 18.2 Å². The van der Waals surface area contributed by atoms with Crippen LogP contribution in [0.25, 0.3) is 0 Å². The Hall–Kier alpha value is -2.47. The second-order valence-corrected chi connectivity index (χ2v) is 5.02. The molecule has 0 radical (unpaired) electrons. The molecule has 2 rings (SSSR count). The maximum absolute atomic E-state index is 13.5. The molecule has 0 heterocycles. The van der Waals surface area contributed by atoms with Crippen molar-refractivity contribution in [2.45, 2.75) is 19.7 Å². The maximum atomic E-state index is 13.5. The molecule has 23 heavy (non-hydrogen) atoms. The molecule has 0 fully saturated rings. The Bertz CT molecular complexity index is 677. The van der Waals surface area contributed by atoms with Gasteiger partial charge >= 0.3 is 6.03 Å². The van der Waals surface area contributed by atoms with E-state index in [4.69, 9.17) is 4.74 Å². The van der Waals surface area contributed by atoms with Crippen molar-refractivity contribution in [3.63, 3.8) is 0 Å². The van der Waals surface area contributed by atoms with Crippen molar-refractivity contribution < 1.29 is 18.3 Å². The number of halogens is 2. The first-order valence-electron chi connectivity index (χ1n) is 7.11. The second kappa shape index (κ2) is 8.24. The third-order valence-corrected chi connectivity index (χ3v) is 3.21. The third-order valence-electron chi connectivity index (χ3n) is 3.21. The van der Waals surface area contributed by atoms with Gasteiger partial charge in [0, 0.05) is 25.8 Å². The van der Waals surface area contributed by atoms with E-state index in [2.05, 4.69) is 10.6 Å². The van der Waals surface area contributed by atoms with Crippen molar-refractivity contribution in [1.29, 1.82) is 0 Å². The lowest BCUT2D eigenvalue weighted by Crippen LogP contribution is -2.34. The van der Waals surface area contributed by atoms with Gasteiger partial charge in [0.25, 0.3) is 0 Å². The maximum Gasteiger partial charge on any atom is 0.315 e. The smallest absolute Gasteiger partial charge is 0.315 e. The fourth-order valence-corrected chi connectivity index (χ4v) is 2.08. The van der Waals surface area contributed by atoms with Crippen LogP contribution in [0.2, 0.25) is 0 Å². The Morgan fingerprint density at radius 1 is 1.04 bits per heavy atom. The fraction of sp³-hybridized carbons (Fsp3) is 0.235. The van der Waals surface area contributed by atoms with E-state index in [1.807, 2.05) is 0 Å². The van der Waals surface area contributed by atoms with Gasteiger partial charge in [-0.3, -0.25) is 0 Å². The van der Waals surface area contributed by atoms with Crippen LogP contribution in [-0.2, 0) is 24.4 Å². The quantitative estimate of drug-likeness (QED) is 0.859. The van der Waals surface area contributed by atoms with Gasteiger partial charge in [0.1, 0.15) is 11.6 Å². The molecule has 2 N–H and O–H groups in total. The van der Waals surface area contributed by atoms with E-state index in [9.17, 15) is 13.6 Å². The van der Waals surface area contributed by atoms with Gasteiger partial charge in [0.2, 0.25) is 0 Å². The summed E-state index contributed by atoms with van der Waals surface area (Å²) in [5.41, 5.74) is 1.87. The van der Waals surface area contributed by atoms with E-state index in [1.165, 1.54) is 25.3 Å². The van der Waals surface area contributed by atoms with E-state index in [0.29, 0.717) is 11.1 Å². The number of carbonyl (C=O) groups is 1. The van der Waals surface area contributed by atoms with Crippen LogP contribution in [0.15, 0.2) is 42.5 Å². The van der Waals surface area contributed by atoms with E-state index in [1.54, 1.807) is 24.3 Å². The molecule has 0 bridgehead atoms. The van der Waals surface area contributed by atoms with Crippen molar-refractivity contribution in [3.05, 3.63) is 70.8 Å². The molecule has 2 amide bonds. The molecule has 2 aromatic rings. The van der Waals surface area contributed by atoms with Crippen molar-refractivity contribution in [2.75, 3.05) is 7.11 Å². The van der Waals surface area contributed by atoms with E-state index in [-0.39, 0.29) is 37.4 Å². The minimum atomic E-state index is -0.383. The Morgan fingerprint density at radius 2 is 1.74 bits per heavy atom. The zero-order valence-electron chi connectivity index (χ0n) is 12.7. The highest BCUT2D eigenvalue weighted by Crippen LogP contribution is 2.11. The number of rotatable bonds is 6. The minimum Gasteiger partial charge on any atom is -0.380 e. The van der Waals surface area contributed by atoms with Crippen LogP contribution in [-0.4, -0.2) is 13.1 Å². The predicted octanol–water partition coefficient (Wildman–Crippen LogP) is 3.11. The molecule has 0 aliphatic carbocycles. The van der Waals surface area contributed by atoms with Crippen LogP contribution < -0.4 is 10.6 Å². The molecule has 4 nitrogen and oxygen atoms in total. The summed E-state index contributed by atoms with van der Waals surface area (Å²) in [6, 6.07) is 10.2. The highest BCUT2D eigenvalue weighted by Gasteiger charge is 2.05. The molecule has 0 unspecified atom stereocenters. The summed E-state index contributed by atoms with van der Waals surface area (Å²) in [5, 5.41) is 5.30. The predicted molar refractivity (Wildman–Crippen MR) is 82.6 cm³/mol. The number of methoxy groups -OCH3 is 1. The number of urea groups is 1. The molecule has 0 aliphatic rings. The average Bonchev–Trinajstić information content (AvgIpc) is 2.54. The van der Waals surface area contributed by atoms with Crippen LogP contribution in [0, 0.1) is 11.6 Å². The molecule has 122 valence electrons. The summed E-state index contributed by atoms with van der Waals surface area (Å²) in [6.45, 7) is 0.652. The lowest BCUT2D eigenvalue weighted by molar-refractivity contribution is 0.181. The van der Waals surface area contributed by atoms with Gasteiger partial charge in [0.15, 0.2) is 0 Å². The Labute approximate surface area is 133 Å². The first kappa shape index (κ1) is 16.9. The van der Waals surface area contributed by atoms with Gasteiger partial charge in [-0.2, -0.15) is 0 Å². The number of hydrogen-bond acceptors (Lipinski definition) is 2. The largest absolute Gasteiger partial charge is 0.380 e. The molecule has 0 atom stereocenters. The van der Waals surface area contributed by atoms with Crippen molar-refractivity contribution >= 4 is 6.03 Å². The molecule has 0 saturated carbocycles. The monoisotopic (exact) mass is 320 g/mol.